The third kappa shape index (κ3) is 5.01. The molecule has 6 rings (SSSR count). The van der Waals surface area contributed by atoms with Crippen molar-refractivity contribution >= 4 is 87.0 Å². The average molecular weight is 661 g/mol. The Morgan fingerprint density at radius 3 is 2.36 bits per heavy atom. The van der Waals surface area contributed by atoms with Crippen molar-refractivity contribution in [3.8, 4) is 5.75 Å². The van der Waals surface area contributed by atoms with Crippen molar-refractivity contribution in [1.82, 2.24) is 4.57 Å². The van der Waals surface area contributed by atoms with E-state index in [0.717, 1.165) is 28.0 Å². The molecule has 2 aliphatic rings. The van der Waals surface area contributed by atoms with Crippen LogP contribution in [-0.4, -0.2) is 34.6 Å². The van der Waals surface area contributed by atoms with E-state index >= 15 is 0 Å². The lowest BCUT2D eigenvalue weighted by Crippen LogP contribution is -2.33. The summed E-state index contributed by atoms with van der Waals surface area (Å²) >= 11 is 21.1. The summed E-state index contributed by atoms with van der Waals surface area (Å²) in [6, 6.07) is 18.3. The number of amides is 3. The zero-order valence-electron chi connectivity index (χ0n) is 21.7. The zero-order chi connectivity index (χ0) is 29.7. The smallest absolute Gasteiger partial charge is 0.308 e. The molecular formula is C29H20Cl3N3O5S2. The number of imide groups is 1. The van der Waals surface area contributed by atoms with E-state index < -0.39 is 39.7 Å². The lowest BCUT2D eigenvalue weighted by molar-refractivity contribution is -0.122. The average Bonchev–Trinajstić information content (AvgIpc) is 3.42. The van der Waals surface area contributed by atoms with Gasteiger partial charge in [-0.1, -0.05) is 70.0 Å². The Morgan fingerprint density at radius 2 is 1.67 bits per heavy atom. The van der Waals surface area contributed by atoms with E-state index in [1.165, 1.54) is 4.57 Å². The first-order chi connectivity index (χ1) is 20.2. The van der Waals surface area contributed by atoms with Gasteiger partial charge in [-0.15, -0.1) is 0 Å². The van der Waals surface area contributed by atoms with Gasteiger partial charge in [-0.05, 0) is 60.2 Å². The SMILES string of the molecule is COc1ccc(NC(=O)Cn2c3c(sc2=O)C(c2cccc(Cl)c2Cl)C2C(=O)N(c4ccc(Cl)cc4)C(=O)C2S3)cc1. The number of fused-ring (bicyclic) bond motifs is 2. The number of anilines is 2. The molecule has 8 nitrogen and oxygen atoms in total. The second-order valence-corrected chi connectivity index (χ2v) is 12.9. The molecule has 42 heavy (non-hydrogen) atoms. The monoisotopic (exact) mass is 659 g/mol. The summed E-state index contributed by atoms with van der Waals surface area (Å²) < 4.78 is 6.49. The molecule has 1 aromatic heterocycles. The van der Waals surface area contributed by atoms with Gasteiger partial charge < -0.3 is 10.1 Å². The van der Waals surface area contributed by atoms with Gasteiger partial charge in [0.1, 0.15) is 17.5 Å². The second kappa shape index (κ2) is 11.4. The molecule has 3 heterocycles. The quantitative estimate of drug-likeness (QED) is 0.244. The largest absolute Gasteiger partial charge is 0.497 e. The molecule has 0 bridgehead atoms. The maximum atomic E-state index is 14.0. The van der Waals surface area contributed by atoms with Crippen LogP contribution >= 0.6 is 57.9 Å². The third-order valence-electron chi connectivity index (χ3n) is 7.13. The van der Waals surface area contributed by atoms with Crippen LogP contribution < -0.4 is 19.8 Å². The second-order valence-electron chi connectivity index (χ2n) is 9.57. The summed E-state index contributed by atoms with van der Waals surface area (Å²) in [6.45, 7) is -0.292. The van der Waals surface area contributed by atoms with Crippen LogP contribution in [0.2, 0.25) is 15.1 Å². The van der Waals surface area contributed by atoms with Crippen LogP contribution in [0.15, 0.2) is 76.6 Å². The number of aromatic nitrogens is 1. The number of nitrogens with one attached hydrogen (secondary N) is 1. The van der Waals surface area contributed by atoms with Gasteiger partial charge in [-0.3, -0.25) is 23.7 Å². The summed E-state index contributed by atoms with van der Waals surface area (Å²) in [4.78, 5) is 55.5. The van der Waals surface area contributed by atoms with Crippen LogP contribution in [0.25, 0.3) is 0 Å². The van der Waals surface area contributed by atoms with Gasteiger partial charge in [-0.2, -0.15) is 0 Å². The molecule has 3 aromatic carbocycles. The number of ether oxygens (including phenoxy) is 1. The topological polar surface area (TPSA) is 97.7 Å². The number of carbonyl (C=O) groups is 3. The number of nitrogens with zero attached hydrogens (tertiary/aromatic N) is 2. The number of thiazole rings is 1. The van der Waals surface area contributed by atoms with Crippen molar-refractivity contribution < 1.29 is 19.1 Å². The first-order valence-electron chi connectivity index (χ1n) is 12.6. The number of carbonyl (C=O) groups excluding carboxylic acids is 3. The van der Waals surface area contributed by atoms with E-state index in [9.17, 15) is 19.2 Å². The van der Waals surface area contributed by atoms with Gasteiger partial charge in [0.25, 0.3) is 0 Å². The molecule has 2 aliphatic heterocycles. The van der Waals surface area contributed by atoms with Crippen LogP contribution in [0.1, 0.15) is 16.4 Å². The Bertz CT molecular complexity index is 1790. The number of hydrogen-bond acceptors (Lipinski definition) is 7. The van der Waals surface area contributed by atoms with Crippen LogP contribution in [0, 0.1) is 5.92 Å². The van der Waals surface area contributed by atoms with Crippen molar-refractivity contribution in [2.24, 2.45) is 5.92 Å². The normalized spacial score (nSPS) is 19.4. The standard InChI is InChI=1S/C29H20Cl3N3O5S2/c1-40-17-11-7-15(8-12-17)33-20(36)13-34-28-25(42-29(34)39)21(18-3-2-4-19(31)23(18)32)22-24(41-28)27(38)35(26(22)37)16-9-5-14(30)6-10-16/h2-12,21-22,24H,13H2,1H3,(H,33,36). The van der Waals surface area contributed by atoms with Gasteiger partial charge in [0.15, 0.2) is 0 Å². The molecule has 0 aliphatic carbocycles. The number of thioether (sulfide) groups is 1. The Hall–Kier alpha value is -3.28. The summed E-state index contributed by atoms with van der Waals surface area (Å²) in [6.07, 6.45) is 0. The first-order valence-corrected chi connectivity index (χ1v) is 15.4. The van der Waals surface area contributed by atoms with Gasteiger partial charge in [0.05, 0.1) is 33.8 Å². The molecule has 0 saturated carbocycles. The molecule has 214 valence electrons. The van der Waals surface area contributed by atoms with Crippen molar-refractivity contribution in [3.05, 3.63) is 102 Å². The number of rotatable bonds is 6. The lowest BCUT2D eigenvalue weighted by Gasteiger charge is -2.31. The highest BCUT2D eigenvalue weighted by Gasteiger charge is 2.57. The molecule has 4 aromatic rings. The highest BCUT2D eigenvalue weighted by Crippen LogP contribution is 2.55. The lowest BCUT2D eigenvalue weighted by atomic mass is 9.83. The maximum Gasteiger partial charge on any atom is 0.308 e. The fourth-order valence-corrected chi connectivity index (χ4v) is 8.53. The molecule has 13 heteroatoms. The van der Waals surface area contributed by atoms with E-state index in [0.29, 0.717) is 37.6 Å². The summed E-state index contributed by atoms with van der Waals surface area (Å²) in [7, 11) is 1.54. The molecule has 1 saturated heterocycles. The van der Waals surface area contributed by atoms with E-state index in [1.54, 1.807) is 73.8 Å². The van der Waals surface area contributed by atoms with E-state index in [2.05, 4.69) is 5.32 Å². The molecule has 1 fully saturated rings. The molecule has 1 N–H and O–H groups in total. The Morgan fingerprint density at radius 1 is 0.952 bits per heavy atom. The summed E-state index contributed by atoms with van der Waals surface area (Å²) in [5, 5.41) is 3.33. The molecule has 3 unspecified atom stereocenters. The number of benzene rings is 3. The molecule has 0 spiro atoms. The van der Waals surface area contributed by atoms with Crippen molar-refractivity contribution in [2.45, 2.75) is 22.7 Å². The van der Waals surface area contributed by atoms with Crippen LogP contribution in [0.4, 0.5) is 11.4 Å². The first kappa shape index (κ1) is 28.8. The fourth-order valence-electron chi connectivity index (χ4n) is 5.21. The van der Waals surface area contributed by atoms with E-state index in [1.807, 2.05) is 0 Å². The Kier molecular flexibility index (Phi) is 7.84. The van der Waals surface area contributed by atoms with Gasteiger partial charge >= 0.3 is 4.87 Å². The number of methoxy groups -OCH3 is 1. The number of hydrogen-bond donors (Lipinski definition) is 1. The molecular weight excluding hydrogens is 641 g/mol. The molecule has 3 atom stereocenters. The highest BCUT2D eigenvalue weighted by molar-refractivity contribution is 8.00. The Labute approximate surface area is 263 Å². The van der Waals surface area contributed by atoms with Gasteiger partial charge in [0, 0.05) is 21.5 Å². The summed E-state index contributed by atoms with van der Waals surface area (Å²) in [5.74, 6) is -2.25. The number of halogens is 3. The predicted molar refractivity (Wildman–Crippen MR) is 166 cm³/mol. The minimum atomic E-state index is -0.870. The zero-order valence-corrected chi connectivity index (χ0v) is 25.6. The summed E-state index contributed by atoms with van der Waals surface area (Å²) in [5.41, 5.74) is 1.44. The highest BCUT2D eigenvalue weighted by atomic mass is 35.5. The minimum absolute atomic E-state index is 0.232. The van der Waals surface area contributed by atoms with Crippen molar-refractivity contribution in [1.29, 1.82) is 0 Å². The Balaban J connectivity index is 1.41. The van der Waals surface area contributed by atoms with Gasteiger partial charge in [-0.25, -0.2) is 4.90 Å². The van der Waals surface area contributed by atoms with Crippen LogP contribution in [0.3, 0.4) is 0 Å². The molecule has 0 radical (unpaired) electrons. The van der Waals surface area contributed by atoms with E-state index in [4.69, 9.17) is 39.5 Å². The third-order valence-corrected chi connectivity index (χ3v) is 10.8. The maximum absolute atomic E-state index is 14.0. The fraction of sp³-hybridized carbons (Fsp3) is 0.172. The predicted octanol–water partition coefficient (Wildman–Crippen LogP) is 6.31. The molecule has 3 amide bonds. The van der Waals surface area contributed by atoms with Crippen molar-refractivity contribution in [2.75, 3.05) is 17.3 Å². The van der Waals surface area contributed by atoms with Gasteiger partial charge in [0.2, 0.25) is 17.7 Å². The van der Waals surface area contributed by atoms with Crippen molar-refractivity contribution in [3.63, 3.8) is 0 Å². The minimum Gasteiger partial charge on any atom is -0.497 e. The van der Waals surface area contributed by atoms with Crippen LogP contribution in [0.5, 0.6) is 5.75 Å². The van der Waals surface area contributed by atoms with Crippen LogP contribution in [-0.2, 0) is 20.9 Å². The van der Waals surface area contributed by atoms with E-state index in [-0.39, 0.29) is 16.6 Å².